The van der Waals surface area contributed by atoms with Gasteiger partial charge in [-0.3, -0.25) is 9.38 Å². The molecule has 1 aromatic carbocycles. The van der Waals surface area contributed by atoms with E-state index in [4.69, 9.17) is 16.3 Å². The van der Waals surface area contributed by atoms with Crippen LogP contribution in [-0.2, 0) is 0 Å². The Morgan fingerprint density at radius 2 is 2.11 bits per heavy atom. The van der Waals surface area contributed by atoms with Gasteiger partial charge in [-0.15, -0.1) is 10.2 Å². The van der Waals surface area contributed by atoms with Gasteiger partial charge in [-0.05, 0) is 18.2 Å². The van der Waals surface area contributed by atoms with Crippen molar-refractivity contribution < 1.29 is 9.13 Å². The Morgan fingerprint density at radius 1 is 1.26 bits per heavy atom. The first kappa shape index (κ1) is 11.9. The van der Waals surface area contributed by atoms with Crippen LogP contribution < -0.4 is 4.74 Å². The molecule has 19 heavy (non-hydrogen) atoms. The van der Waals surface area contributed by atoms with E-state index < -0.39 is 5.82 Å². The van der Waals surface area contributed by atoms with Gasteiger partial charge in [0.25, 0.3) is 0 Å². The lowest BCUT2D eigenvalue weighted by Crippen LogP contribution is -1.94. The fourth-order valence-electron chi connectivity index (χ4n) is 1.80. The number of halogens is 2. The molecule has 0 aliphatic rings. The monoisotopic (exact) mass is 278 g/mol. The molecule has 0 aliphatic carbocycles. The van der Waals surface area contributed by atoms with Crippen molar-refractivity contribution in [3.63, 3.8) is 0 Å². The molecule has 0 radical (unpaired) electrons. The Labute approximate surface area is 112 Å². The average Bonchev–Trinajstić information content (AvgIpc) is 2.85. The first-order valence-corrected chi connectivity index (χ1v) is 5.77. The minimum absolute atomic E-state index is 0.138. The molecule has 0 amide bonds. The molecule has 0 spiro atoms. The van der Waals surface area contributed by atoms with Gasteiger partial charge in [0, 0.05) is 5.56 Å². The average molecular weight is 279 g/mol. The van der Waals surface area contributed by atoms with Crippen LogP contribution in [0.4, 0.5) is 4.39 Å². The number of methoxy groups -OCH3 is 1. The molecule has 0 aliphatic heterocycles. The van der Waals surface area contributed by atoms with Crippen LogP contribution in [0.15, 0.2) is 30.6 Å². The summed E-state index contributed by atoms with van der Waals surface area (Å²) in [5, 5.41) is 8.38. The van der Waals surface area contributed by atoms with Crippen molar-refractivity contribution in [3.05, 3.63) is 41.6 Å². The van der Waals surface area contributed by atoms with Crippen LogP contribution in [0.2, 0.25) is 5.15 Å². The van der Waals surface area contributed by atoms with Gasteiger partial charge in [-0.2, -0.15) is 0 Å². The highest BCUT2D eigenvalue weighted by atomic mass is 35.5. The lowest BCUT2D eigenvalue weighted by atomic mass is 10.2. The Kier molecular flexibility index (Phi) is 2.79. The van der Waals surface area contributed by atoms with Crippen LogP contribution in [0.1, 0.15) is 0 Å². The number of nitrogens with zero attached hydrogens (tertiary/aromatic N) is 4. The van der Waals surface area contributed by atoms with Crippen LogP contribution in [0.5, 0.6) is 5.75 Å². The number of aromatic nitrogens is 4. The molecule has 2 heterocycles. The first-order valence-electron chi connectivity index (χ1n) is 5.39. The number of benzene rings is 1. The van der Waals surface area contributed by atoms with Crippen molar-refractivity contribution in [3.8, 4) is 17.1 Å². The summed E-state index contributed by atoms with van der Waals surface area (Å²) in [6, 6.07) is 4.44. The van der Waals surface area contributed by atoms with E-state index >= 15 is 0 Å². The maximum absolute atomic E-state index is 13.4. The number of hydrogen-bond donors (Lipinski definition) is 0. The molecule has 7 heteroatoms. The molecule has 0 N–H and O–H groups in total. The Bertz CT molecular complexity index is 759. The molecule has 0 fully saturated rings. The van der Waals surface area contributed by atoms with Gasteiger partial charge in [0.05, 0.1) is 19.5 Å². The third-order valence-electron chi connectivity index (χ3n) is 2.68. The molecule has 5 nitrogen and oxygen atoms in total. The first-order chi connectivity index (χ1) is 9.20. The van der Waals surface area contributed by atoms with Crippen LogP contribution >= 0.6 is 11.6 Å². The molecular formula is C12H8ClFN4O. The molecule has 0 saturated carbocycles. The number of ether oxygens (including phenoxy) is 1. The van der Waals surface area contributed by atoms with Crippen LogP contribution in [0.3, 0.4) is 0 Å². The SMILES string of the molecule is COc1cc(-c2nnc3cncc(Cl)n23)ccc1F. The van der Waals surface area contributed by atoms with E-state index in [0.29, 0.717) is 22.2 Å². The summed E-state index contributed by atoms with van der Waals surface area (Å²) in [5.74, 6) is 0.202. The van der Waals surface area contributed by atoms with Crippen LogP contribution in [0, 0.1) is 5.82 Å². The summed E-state index contributed by atoms with van der Waals surface area (Å²) in [6.07, 6.45) is 3.03. The van der Waals surface area contributed by atoms with E-state index in [-0.39, 0.29) is 5.75 Å². The third-order valence-corrected chi connectivity index (χ3v) is 2.95. The normalized spacial score (nSPS) is 10.9. The zero-order valence-corrected chi connectivity index (χ0v) is 10.6. The molecule has 2 aromatic heterocycles. The van der Waals surface area contributed by atoms with Crippen molar-refractivity contribution in [1.29, 1.82) is 0 Å². The lowest BCUT2D eigenvalue weighted by molar-refractivity contribution is 0.386. The maximum Gasteiger partial charge on any atom is 0.180 e. The highest BCUT2D eigenvalue weighted by molar-refractivity contribution is 6.29. The Balaban J connectivity index is 2.25. The maximum atomic E-state index is 13.4. The molecule has 0 atom stereocenters. The second-order valence-electron chi connectivity index (χ2n) is 3.80. The fraction of sp³-hybridized carbons (Fsp3) is 0.0833. The summed E-state index contributed by atoms with van der Waals surface area (Å²) in [7, 11) is 1.40. The highest BCUT2D eigenvalue weighted by Crippen LogP contribution is 2.26. The standard InChI is InChI=1S/C12H8ClFN4O/c1-19-9-4-7(2-3-8(9)14)12-17-16-11-6-15-5-10(13)18(11)12/h2-6H,1H3. The van der Waals surface area contributed by atoms with Gasteiger partial charge in [-0.25, -0.2) is 4.39 Å². The number of hydrogen-bond acceptors (Lipinski definition) is 4. The van der Waals surface area contributed by atoms with Crippen LogP contribution in [-0.4, -0.2) is 26.7 Å². The van der Waals surface area contributed by atoms with Crippen molar-refractivity contribution >= 4 is 17.2 Å². The van der Waals surface area contributed by atoms with Crippen molar-refractivity contribution in [2.75, 3.05) is 7.11 Å². The van der Waals surface area contributed by atoms with E-state index in [0.717, 1.165) is 0 Å². The largest absolute Gasteiger partial charge is 0.494 e. The van der Waals surface area contributed by atoms with Gasteiger partial charge in [0.1, 0.15) is 5.15 Å². The zero-order valence-electron chi connectivity index (χ0n) is 9.84. The smallest absolute Gasteiger partial charge is 0.180 e. The van der Waals surface area contributed by atoms with Crippen molar-refractivity contribution in [2.45, 2.75) is 0 Å². The fourth-order valence-corrected chi connectivity index (χ4v) is 2.02. The van der Waals surface area contributed by atoms with Crippen LogP contribution in [0.25, 0.3) is 17.0 Å². The molecular weight excluding hydrogens is 271 g/mol. The van der Waals surface area contributed by atoms with E-state index in [2.05, 4.69) is 15.2 Å². The third kappa shape index (κ3) is 1.90. The Hall–Kier alpha value is -2.21. The minimum Gasteiger partial charge on any atom is -0.494 e. The van der Waals surface area contributed by atoms with Gasteiger partial charge in [-0.1, -0.05) is 11.6 Å². The summed E-state index contributed by atoms with van der Waals surface area (Å²) in [5.41, 5.74) is 1.17. The predicted molar refractivity (Wildman–Crippen MR) is 67.7 cm³/mol. The van der Waals surface area contributed by atoms with E-state index in [1.54, 1.807) is 22.7 Å². The summed E-state index contributed by atoms with van der Waals surface area (Å²) in [6.45, 7) is 0. The molecule has 0 bridgehead atoms. The molecule has 96 valence electrons. The molecule has 0 unspecified atom stereocenters. The number of rotatable bonds is 2. The quantitative estimate of drug-likeness (QED) is 0.723. The lowest BCUT2D eigenvalue weighted by Gasteiger charge is -2.05. The van der Waals surface area contributed by atoms with Crippen molar-refractivity contribution in [2.24, 2.45) is 0 Å². The summed E-state index contributed by atoms with van der Waals surface area (Å²) >= 11 is 6.07. The highest BCUT2D eigenvalue weighted by Gasteiger charge is 2.13. The molecule has 3 rings (SSSR count). The van der Waals surface area contributed by atoms with Gasteiger partial charge < -0.3 is 4.74 Å². The van der Waals surface area contributed by atoms with E-state index in [9.17, 15) is 4.39 Å². The Morgan fingerprint density at radius 3 is 2.89 bits per heavy atom. The number of fused-ring (bicyclic) bond motifs is 1. The second-order valence-corrected chi connectivity index (χ2v) is 4.18. The summed E-state index contributed by atoms with van der Waals surface area (Å²) in [4.78, 5) is 3.93. The van der Waals surface area contributed by atoms with Gasteiger partial charge in [0.2, 0.25) is 0 Å². The predicted octanol–water partition coefficient (Wildman–Crippen LogP) is 2.59. The molecule has 0 saturated heterocycles. The van der Waals surface area contributed by atoms with Gasteiger partial charge in [0.15, 0.2) is 23.0 Å². The van der Waals surface area contributed by atoms with Gasteiger partial charge >= 0.3 is 0 Å². The summed E-state index contributed by atoms with van der Waals surface area (Å²) < 4.78 is 20.0. The second kappa shape index (κ2) is 4.47. The zero-order chi connectivity index (χ0) is 13.4. The van der Waals surface area contributed by atoms with E-state index in [1.807, 2.05) is 0 Å². The molecule has 3 aromatic rings. The topological polar surface area (TPSA) is 52.3 Å². The minimum atomic E-state index is -0.437. The van der Waals surface area contributed by atoms with E-state index in [1.165, 1.54) is 19.4 Å². The van der Waals surface area contributed by atoms with Crippen molar-refractivity contribution in [1.82, 2.24) is 19.6 Å².